The lowest BCUT2D eigenvalue weighted by atomic mass is 10.2. The van der Waals surface area contributed by atoms with E-state index in [9.17, 15) is 0 Å². The van der Waals surface area contributed by atoms with Crippen LogP contribution in [-0.4, -0.2) is 47.3 Å². The SMILES string of the molecule is CC(C)n1c(CCCN2CCOCC2)nc2ccccc21. The van der Waals surface area contributed by atoms with Crippen LogP contribution in [0.3, 0.4) is 0 Å². The number of aryl methyl sites for hydroxylation is 1. The van der Waals surface area contributed by atoms with E-state index in [-0.39, 0.29) is 0 Å². The summed E-state index contributed by atoms with van der Waals surface area (Å²) in [6.45, 7) is 9.51. The molecule has 2 heterocycles. The third-order valence-electron chi connectivity index (χ3n) is 4.16. The third kappa shape index (κ3) is 3.27. The molecule has 1 aliphatic rings. The first-order valence-corrected chi connectivity index (χ1v) is 8.01. The molecule has 1 fully saturated rings. The number of hydrogen-bond donors (Lipinski definition) is 0. The van der Waals surface area contributed by atoms with Gasteiger partial charge in [-0.2, -0.15) is 0 Å². The molecule has 0 unspecified atom stereocenters. The van der Waals surface area contributed by atoms with Crippen LogP contribution < -0.4 is 0 Å². The zero-order valence-corrected chi connectivity index (χ0v) is 13.1. The Labute approximate surface area is 126 Å². The van der Waals surface area contributed by atoms with Gasteiger partial charge >= 0.3 is 0 Å². The average molecular weight is 287 g/mol. The highest BCUT2D eigenvalue weighted by atomic mass is 16.5. The predicted molar refractivity (Wildman–Crippen MR) is 85.7 cm³/mol. The Morgan fingerprint density at radius 3 is 2.71 bits per heavy atom. The lowest BCUT2D eigenvalue weighted by Gasteiger charge is -2.26. The second-order valence-corrected chi connectivity index (χ2v) is 6.04. The van der Waals surface area contributed by atoms with E-state index in [4.69, 9.17) is 9.72 Å². The van der Waals surface area contributed by atoms with Crippen LogP contribution in [0.25, 0.3) is 11.0 Å². The van der Waals surface area contributed by atoms with Crippen LogP contribution in [0.4, 0.5) is 0 Å². The van der Waals surface area contributed by atoms with Gasteiger partial charge in [0.25, 0.3) is 0 Å². The van der Waals surface area contributed by atoms with Crippen molar-refractivity contribution < 1.29 is 4.74 Å². The van der Waals surface area contributed by atoms with Gasteiger partial charge in [0, 0.05) is 25.6 Å². The molecule has 4 heteroatoms. The third-order valence-corrected chi connectivity index (χ3v) is 4.16. The number of para-hydroxylation sites is 2. The first-order valence-electron chi connectivity index (χ1n) is 8.01. The molecular weight excluding hydrogens is 262 g/mol. The molecule has 0 spiro atoms. The van der Waals surface area contributed by atoms with Crippen molar-refractivity contribution in [3.63, 3.8) is 0 Å². The fourth-order valence-corrected chi connectivity index (χ4v) is 3.13. The predicted octanol–water partition coefficient (Wildman–Crippen LogP) is 2.88. The minimum atomic E-state index is 0.454. The highest BCUT2D eigenvalue weighted by Crippen LogP contribution is 2.21. The first-order chi connectivity index (χ1) is 10.3. The molecule has 114 valence electrons. The second kappa shape index (κ2) is 6.58. The Hall–Kier alpha value is -1.39. The molecule has 1 saturated heterocycles. The molecule has 1 aliphatic heterocycles. The summed E-state index contributed by atoms with van der Waals surface area (Å²) in [4.78, 5) is 7.33. The van der Waals surface area contributed by atoms with Crippen molar-refractivity contribution in [2.45, 2.75) is 32.7 Å². The summed E-state index contributed by atoms with van der Waals surface area (Å²) < 4.78 is 7.78. The zero-order chi connectivity index (χ0) is 14.7. The maximum absolute atomic E-state index is 5.40. The number of ether oxygens (including phenoxy) is 1. The number of fused-ring (bicyclic) bond motifs is 1. The molecule has 21 heavy (non-hydrogen) atoms. The number of benzene rings is 1. The van der Waals surface area contributed by atoms with Crippen LogP contribution in [0.2, 0.25) is 0 Å². The summed E-state index contributed by atoms with van der Waals surface area (Å²) in [7, 11) is 0. The van der Waals surface area contributed by atoms with E-state index in [0.29, 0.717) is 6.04 Å². The van der Waals surface area contributed by atoms with E-state index in [1.807, 2.05) is 0 Å². The molecule has 0 amide bonds. The van der Waals surface area contributed by atoms with Crippen LogP contribution in [0.1, 0.15) is 32.1 Å². The summed E-state index contributed by atoms with van der Waals surface area (Å²) in [5.74, 6) is 1.22. The molecule has 3 rings (SSSR count). The Bertz CT molecular complexity index is 585. The lowest BCUT2D eigenvalue weighted by Crippen LogP contribution is -2.37. The van der Waals surface area contributed by atoms with Crippen molar-refractivity contribution in [3.05, 3.63) is 30.1 Å². The van der Waals surface area contributed by atoms with Gasteiger partial charge in [-0.1, -0.05) is 12.1 Å². The average Bonchev–Trinajstić information content (AvgIpc) is 2.86. The summed E-state index contributed by atoms with van der Waals surface area (Å²) in [6.07, 6.45) is 2.21. The Kier molecular flexibility index (Phi) is 4.56. The highest BCUT2D eigenvalue weighted by Gasteiger charge is 2.14. The van der Waals surface area contributed by atoms with Crippen LogP contribution in [0, 0.1) is 0 Å². The Balaban J connectivity index is 1.69. The highest BCUT2D eigenvalue weighted by molar-refractivity contribution is 5.76. The van der Waals surface area contributed by atoms with Crippen molar-refractivity contribution in [3.8, 4) is 0 Å². The largest absolute Gasteiger partial charge is 0.379 e. The van der Waals surface area contributed by atoms with Gasteiger partial charge in [0.15, 0.2) is 0 Å². The number of aromatic nitrogens is 2. The second-order valence-electron chi connectivity index (χ2n) is 6.04. The van der Waals surface area contributed by atoms with Crippen LogP contribution in [-0.2, 0) is 11.2 Å². The fraction of sp³-hybridized carbons (Fsp3) is 0.588. The maximum Gasteiger partial charge on any atom is 0.110 e. The van der Waals surface area contributed by atoms with Crippen LogP contribution in [0.15, 0.2) is 24.3 Å². The van der Waals surface area contributed by atoms with Gasteiger partial charge in [0.05, 0.1) is 24.2 Å². The van der Waals surface area contributed by atoms with Crippen molar-refractivity contribution in [1.29, 1.82) is 0 Å². The van der Waals surface area contributed by atoms with Gasteiger partial charge in [-0.15, -0.1) is 0 Å². The molecule has 0 atom stereocenters. The van der Waals surface area contributed by atoms with Gasteiger partial charge in [-0.05, 0) is 38.9 Å². The molecule has 0 bridgehead atoms. The van der Waals surface area contributed by atoms with E-state index in [1.54, 1.807) is 0 Å². The van der Waals surface area contributed by atoms with Crippen LogP contribution >= 0.6 is 0 Å². The van der Waals surface area contributed by atoms with Crippen molar-refractivity contribution >= 4 is 11.0 Å². The standard InChI is InChI=1S/C17H25N3O/c1-14(2)20-16-7-4-3-6-15(16)18-17(20)8-5-9-19-10-12-21-13-11-19/h3-4,6-7,14H,5,8-13H2,1-2H3. The van der Waals surface area contributed by atoms with E-state index in [2.05, 4.69) is 47.6 Å². The molecule has 0 radical (unpaired) electrons. The Morgan fingerprint density at radius 2 is 1.95 bits per heavy atom. The molecule has 0 aliphatic carbocycles. The lowest BCUT2D eigenvalue weighted by molar-refractivity contribution is 0.0374. The molecule has 1 aromatic carbocycles. The van der Waals surface area contributed by atoms with Crippen molar-refractivity contribution in [2.24, 2.45) is 0 Å². The molecule has 1 aromatic heterocycles. The number of imidazole rings is 1. The van der Waals surface area contributed by atoms with Gasteiger partial charge in [0.2, 0.25) is 0 Å². The number of morpholine rings is 1. The number of hydrogen-bond acceptors (Lipinski definition) is 3. The fourth-order valence-electron chi connectivity index (χ4n) is 3.13. The molecular formula is C17H25N3O. The summed E-state index contributed by atoms with van der Waals surface area (Å²) in [6, 6.07) is 8.90. The topological polar surface area (TPSA) is 30.3 Å². The summed E-state index contributed by atoms with van der Waals surface area (Å²) in [5.41, 5.74) is 2.38. The molecule has 4 nitrogen and oxygen atoms in total. The minimum Gasteiger partial charge on any atom is -0.379 e. The number of nitrogens with zero attached hydrogens (tertiary/aromatic N) is 3. The summed E-state index contributed by atoms with van der Waals surface area (Å²) >= 11 is 0. The van der Waals surface area contributed by atoms with Crippen molar-refractivity contribution in [1.82, 2.24) is 14.5 Å². The first kappa shape index (κ1) is 14.5. The summed E-state index contributed by atoms with van der Waals surface area (Å²) in [5, 5.41) is 0. The normalized spacial score (nSPS) is 16.9. The quantitative estimate of drug-likeness (QED) is 0.847. The Morgan fingerprint density at radius 1 is 1.19 bits per heavy atom. The number of rotatable bonds is 5. The van der Waals surface area contributed by atoms with Gasteiger partial charge < -0.3 is 9.30 Å². The van der Waals surface area contributed by atoms with E-state index in [0.717, 1.165) is 51.2 Å². The maximum atomic E-state index is 5.40. The van der Waals surface area contributed by atoms with E-state index in [1.165, 1.54) is 11.3 Å². The smallest absolute Gasteiger partial charge is 0.110 e. The van der Waals surface area contributed by atoms with Gasteiger partial charge in [-0.3, -0.25) is 4.90 Å². The zero-order valence-electron chi connectivity index (χ0n) is 13.1. The minimum absolute atomic E-state index is 0.454. The van der Waals surface area contributed by atoms with Gasteiger partial charge in [-0.25, -0.2) is 4.98 Å². The molecule has 0 N–H and O–H groups in total. The van der Waals surface area contributed by atoms with E-state index >= 15 is 0 Å². The monoisotopic (exact) mass is 287 g/mol. The molecule has 2 aromatic rings. The van der Waals surface area contributed by atoms with Crippen molar-refractivity contribution in [2.75, 3.05) is 32.8 Å². The van der Waals surface area contributed by atoms with E-state index < -0.39 is 0 Å². The van der Waals surface area contributed by atoms with Gasteiger partial charge in [0.1, 0.15) is 5.82 Å². The molecule has 0 saturated carbocycles. The van der Waals surface area contributed by atoms with Crippen LogP contribution in [0.5, 0.6) is 0 Å².